The summed E-state index contributed by atoms with van der Waals surface area (Å²) in [6.45, 7) is 0.425. The lowest BCUT2D eigenvalue weighted by Gasteiger charge is -2.07. The molecule has 1 aromatic heterocycles. The van der Waals surface area contributed by atoms with Gasteiger partial charge in [-0.2, -0.15) is 0 Å². The van der Waals surface area contributed by atoms with E-state index in [0.717, 1.165) is 22.5 Å². The molecular formula is C14H17FN4S2. The molecule has 1 saturated carbocycles. The number of halogens is 1. The summed E-state index contributed by atoms with van der Waals surface area (Å²) in [7, 11) is 0. The number of benzene rings is 1. The fraction of sp³-hybridized carbons (Fsp3) is 0.429. The molecule has 0 atom stereocenters. The van der Waals surface area contributed by atoms with Crippen molar-refractivity contribution in [2.75, 3.05) is 11.5 Å². The van der Waals surface area contributed by atoms with Crippen LogP contribution in [0, 0.1) is 5.82 Å². The van der Waals surface area contributed by atoms with Crippen LogP contribution in [0.5, 0.6) is 0 Å². The number of thioether (sulfide) groups is 2. The van der Waals surface area contributed by atoms with Gasteiger partial charge in [0.05, 0.1) is 6.54 Å². The van der Waals surface area contributed by atoms with E-state index in [1.165, 1.54) is 30.7 Å². The standard InChI is InChI=1S/C14H17FN4S2/c15-11-3-1-2-4-12(11)20-7-8-21-14-18-17-13(9-16)19(14)10-5-6-10/h1-4,10H,5-9,16H2. The van der Waals surface area contributed by atoms with Crippen molar-refractivity contribution in [3.05, 3.63) is 35.9 Å². The molecule has 0 aliphatic heterocycles. The van der Waals surface area contributed by atoms with Crippen LogP contribution >= 0.6 is 23.5 Å². The average Bonchev–Trinajstić information content (AvgIpc) is 3.25. The third-order valence-electron chi connectivity index (χ3n) is 3.24. The van der Waals surface area contributed by atoms with Gasteiger partial charge in [0.25, 0.3) is 0 Å². The highest BCUT2D eigenvalue weighted by Crippen LogP contribution is 2.38. The Kier molecular flexibility index (Phi) is 4.82. The normalized spacial score (nSPS) is 14.6. The second-order valence-corrected chi connectivity index (χ2v) is 7.03. The molecule has 3 rings (SSSR count). The lowest BCUT2D eigenvalue weighted by atomic mass is 10.3. The summed E-state index contributed by atoms with van der Waals surface area (Å²) in [5.41, 5.74) is 5.70. The van der Waals surface area contributed by atoms with Crippen LogP contribution in [0.25, 0.3) is 0 Å². The van der Waals surface area contributed by atoms with E-state index in [1.807, 2.05) is 12.1 Å². The first-order chi connectivity index (χ1) is 10.3. The molecule has 1 aliphatic rings. The highest BCUT2D eigenvalue weighted by Gasteiger charge is 2.29. The maximum atomic E-state index is 13.5. The first kappa shape index (κ1) is 14.9. The minimum absolute atomic E-state index is 0.154. The number of hydrogen-bond donors (Lipinski definition) is 1. The zero-order valence-corrected chi connectivity index (χ0v) is 13.2. The second kappa shape index (κ2) is 6.81. The molecule has 1 aromatic carbocycles. The van der Waals surface area contributed by atoms with Crippen LogP contribution in [0.2, 0.25) is 0 Å². The molecule has 0 saturated heterocycles. The van der Waals surface area contributed by atoms with Crippen LogP contribution in [0.3, 0.4) is 0 Å². The summed E-state index contributed by atoms with van der Waals surface area (Å²) in [6, 6.07) is 7.40. The molecule has 0 unspecified atom stereocenters. The monoisotopic (exact) mass is 324 g/mol. The van der Waals surface area contributed by atoms with Gasteiger partial charge in [-0.25, -0.2) is 4.39 Å². The first-order valence-corrected chi connectivity index (χ1v) is 8.90. The fourth-order valence-electron chi connectivity index (χ4n) is 2.09. The Morgan fingerprint density at radius 1 is 1.19 bits per heavy atom. The zero-order valence-electron chi connectivity index (χ0n) is 11.5. The van der Waals surface area contributed by atoms with E-state index in [1.54, 1.807) is 17.8 Å². The molecule has 112 valence electrons. The number of hydrogen-bond acceptors (Lipinski definition) is 5. The van der Waals surface area contributed by atoms with Gasteiger partial charge in [-0.1, -0.05) is 23.9 Å². The highest BCUT2D eigenvalue weighted by atomic mass is 32.2. The first-order valence-electron chi connectivity index (χ1n) is 6.93. The molecule has 1 fully saturated rings. The third kappa shape index (κ3) is 3.59. The Morgan fingerprint density at radius 2 is 1.95 bits per heavy atom. The van der Waals surface area contributed by atoms with Gasteiger partial charge >= 0.3 is 0 Å². The molecule has 2 aromatic rings. The lowest BCUT2D eigenvalue weighted by Crippen LogP contribution is -2.08. The van der Waals surface area contributed by atoms with Gasteiger partial charge in [0, 0.05) is 22.4 Å². The van der Waals surface area contributed by atoms with Gasteiger partial charge in [0.2, 0.25) is 0 Å². The van der Waals surface area contributed by atoms with Crippen molar-refractivity contribution < 1.29 is 4.39 Å². The summed E-state index contributed by atoms with van der Waals surface area (Å²) in [5, 5.41) is 9.31. The van der Waals surface area contributed by atoms with E-state index < -0.39 is 0 Å². The van der Waals surface area contributed by atoms with Crippen molar-refractivity contribution in [1.82, 2.24) is 14.8 Å². The van der Waals surface area contributed by atoms with Crippen molar-refractivity contribution >= 4 is 23.5 Å². The molecule has 1 heterocycles. The van der Waals surface area contributed by atoms with Crippen molar-refractivity contribution in [3.8, 4) is 0 Å². The van der Waals surface area contributed by atoms with Crippen molar-refractivity contribution in [2.45, 2.75) is 35.5 Å². The predicted octanol–water partition coefficient (Wildman–Crippen LogP) is 3.10. The van der Waals surface area contributed by atoms with E-state index in [9.17, 15) is 4.39 Å². The smallest absolute Gasteiger partial charge is 0.191 e. The van der Waals surface area contributed by atoms with E-state index in [4.69, 9.17) is 5.73 Å². The Hall–Kier alpha value is -1.05. The second-order valence-electron chi connectivity index (χ2n) is 4.83. The van der Waals surface area contributed by atoms with E-state index >= 15 is 0 Å². The summed E-state index contributed by atoms with van der Waals surface area (Å²) in [4.78, 5) is 0.699. The molecule has 0 bridgehead atoms. The minimum Gasteiger partial charge on any atom is -0.324 e. The molecule has 21 heavy (non-hydrogen) atoms. The molecular weight excluding hydrogens is 307 g/mol. The van der Waals surface area contributed by atoms with Crippen LogP contribution in [0.15, 0.2) is 34.3 Å². The topological polar surface area (TPSA) is 56.7 Å². The van der Waals surface area contributed by atoms with Crippen molar-refractivity contribution in [3.63, 3.8) is 0 Å². The zero-order chi connectivity index (χ0) is 14.7. The quantitative estimate of drug-likeness (QED) is 0.626. The van der Waals surface area contributed by atoms with Gasteiger partial charge in [-0.3, -0.25) is 0 Å². The Balaban J connectivity index is 1.54. The summed E-state index contributed by atoms with van der Waals surface area (Å²) < 4.78 is 15.7. The van der Waals surface area contributed by atoms with Gasteiger partial charge in [-0.05, 0) is 25.0 Å². The minimum atomic E-state index is -0.154. The van der Waals surface area contributed by atoms with E-state index in [-0.39, 0.29) is 5.82 Å². The fourth-order valence-corrected chi connectivity index (χ4v) is 4.03. The molecule has 1 aliphatic carbocycles. The van der Waals surface area contributed by atoms with Gasteiger partial charge in [-0.15, -0.1) is 22.0 Å². The number of aromatic nitrogens is 3. The van der Waals surface area contributed by atoms with Gasteiger partial charge in [0.15, 0.2) is 5.16 Å². The van der Waals surface area contributed by atoms with E-state index in [0.29, 0.717) is 17.5 Å². The number of rotatable bonds is 7. The summed E-state index contributed by atoms with van der Waals surface area (Å²) in [6.07, 6.45) is 2.37. The molecule has 4 nitrogen and oxygen atoms in total. The molecule has 2 N–H and O–H groups in total. The maximum Gasteiger partial charge on any atom is 0.191 e. The van der Waals surface area contributed by atoms with Crippen molar-refractivity contribution in [2.24, 2.45) is 5.73 Å². The Labute approximate surface area is 131 Å². The highest BCUT2D eigenvalue weighted by molar-refractivity contribution is 8.02. The lowest BCUT2D eigenvalue weighted by molar-refractivity contribution is 0.602. The molecule has 7 heteroatoms. The third-order valence-corrected chi connectivity index (χ3v) is 5.49. The predicted molar refractivity (Wildman–Crippen MR) is 84.0 cm³/mol. The van der Waals surface area contributed by atoms with Gasteiger partial charge in [0.1, 0.15) is 11.6 Å². The SMILES string of the molecule is NCc1nnc(SCCSc2ccccc2F)n1C1CC1. The maximum absolute atomic E-state index is 13.5. The average molecular weight is 324 g/mol. The van der Waals surface area contributed by atoms with Crippen LogP contribution < -0.4 is 5.73 Å². The van der Waals surface area contributed by atoms with Crippen molar-refractivity contribution in [1.29, 1.82) is 0 Å². The van der Waals surface area contributed by atoms with Crippen LogP contribution in [0.1, 0.15) is 24.7 Å². The summed E-state index contributed by atoms with van der Waals surface area (Å²) in [5.74, 6) is 2.41. The molecule has 0 amide bonds. The Bertz CT molecular complexity index is 613. The molecule has 0 spiro atoms. The van der Waals surface area contributed by atoms with Crippen LogP contribution in [-0.4, -0.2) is 26.3 Å². The summed E-state index contributed by atoms with van der Waals surface area (Å²) >= 11 is 3.20. The number of nitrogens with zero attached hydrogens (tertiary/aromatic N) is 3. The van der Waals surface area contributed by atoms with Gasteiger partial charge < -0.3 is 10.3 Å². The van der Waals surface area contributed by atoms with Crippen LogP contribution in [-0.2, 0) is 6.54 Å². The van der Waals surface area contributed by atoms with Crippen LogP contribution in [0.4, 0.5) is 4.39 Å². The van der Waals surface area contributed by atoms with E-state index in [2.05, 4.69) is 14.8 Å². The Morgan fingerprint density at radius 3 is 2.67 bits per heavy atom. The number of nitrogens with two attached hydrogens (primary N) is 1. The molecule has 0 radical (unpaired) electrons. The largest absolute Gasteiger partial charge is 0.324 e.